The number of amides is 2. The fourth-order valence-electron chi connectivity index (χ4n) is 3.28. The van der Waals surface area contributed by atoms with Crippen LogP contribution in [0.15, 0.2) is 60.7 Å². The van der Waals surface area contributed by atoms with Gasteiger partial charge in [0.2, 0.25) is 5.91 Å². The monoisotopic (exact) mass is 425 g/mol. The lowest BCUT2D eigenvalue weighted by molar-refractivity contribution is -0.141. The molecule has 0 bridgehead atoms. The number of nitrogens with zero attached hydrogens (tertiary/aromatic N) is 2. The summed E-state index contributed by atoms with van der Waals surface area (Å²) in [6.45, 7) is 0.183. The van der Waals surface area contributed by atoms with E-state index in [2.05, 4.69) is 5.32 Å². The second-order valence-electron chi connectivity index (χ2n) is 6.85. The number of para-hydroxylation sites is 1. The van der Waals surface area contributed by atoms with Gasteiger partial charge in [-0.25, -0.2) is 0 Å². The van der Waals surface area contributed by atoms with Gasteiger partial charge in [-0.3, -0.25) is 19.3 Å². The van der Waals surface area contributed by atoms with Crippen molar-refractivity contribution in [3.05, 3.63) is 66.2 Å². The number of anilines is 1. The lowest BCUT2D eigenvalue weighted by atomic mass is 10.1. The summed E-state index contributed by atoms with van der Waals surface area (Å²) in [4.78, 5) is 40.4. The Balaban J connectivity index is 1.72. The molecular weight excluding hydrogens is 402 g/mol. The van der Waals surface area contributed by atoms with Crippen molar-refractivity contribution in [3.8, 4) is 0 Å². The zero-order chi connectivity index (χ0) is 21.5. The number of hydrogen-bond acceptors (Lipinski definition) is 5. The van der Waals surface area contributed by atoms with E-state index in [1.54, 1.807) is 24.3 Å². The molecule has 1 aliphatic heterocycles. The van der Waals surface area contributed by atoms with Crippen LogP contribution < -0.4 is 5.32 Å². The van der Waals surface area contributed by atoms with Crippen LogP contribution in [-0.2, 0) is 25.5 Å². The van der Waals surface area contributed by atoms with Crippen molar-refractivity contribution in [1.29, 1.82) is 0 Å². The Bertz CT molecular complexity index is 920. The molecule has 0 aromatic heterocycles. The van der Waals surface area contributed by atoms with Crippen molar-refractivity contribution in [2.24, 2.45) is 0 Å². The highest BCUT2D eigenvalue weighted by Crippen LogP contribution is 2.22. The number of nitrogens with one attached hydrogen (secondary N) is 1. The van der Waals surface area contributed by atoms with Crippen molar-refractivity contribution >= 4 is 40.8 Å². The first kappa shape index (κ1) is 21.4. The summed E-state index contributed by atoms with van der Waals surface area (Å²) >= 11 is 5.47. The number of hydrogen-bond donors (Lipinski definition) is 1. The maximum Gasteiger partial charge on any atom is 0.325 e. The molecule has 3 rings (SSSR count). The first-order valence-electron chi connectivity index (χ1n) is 9.57. The Morgan fingerprint density at radius 3 is 2.33 bits per heavy atom. The van der Waals surface area contributed by atoms with Crippen molar-refractivity contribution in [2.45, 2.75) is 18.9 Å². The fraction of sp³-hybridized carbons (Fsp3) is 0.273. The second kappa shape index (κ2) is 9.98. The van der Waals surface area contributed by atoms with Gasteiger partial charge in [0, 0.05) is 12.2 Å². The fourth-order valence-corrected chi connectivity index (χ4v) is 3.65. The average Bonchev–Trinajstić information content (AvgIpc) is 2.97. The van der Waals surface area contributed by atoms with E-state index in [4.69, 9.17) is 17.0 Å². The molecule has 156 valence electrons. The molecule has 2 amide bonds. The topological polar surface area (TPSA) is 79.0 Å². The maximum absolute atomic E-state index is 13.1. The molecule has 1 atom stereocenters. The largest absolute Gasteiger partial charge is 0.468 e. The second-order valence-corrected chi connectivity index (χ2v) is 7.21. The molecule has 8 heteroatoms. The highest BCUT2D eigenvalue weighted by molar-refractivity contribution is 7.80. The Labute approximate surface area is 180 Å². The summed E-state index contributed by atoms with van der Waals surface area (Å²) in [5.74, 6) is -1.14. The summed E-state index contributed by atoms with van der Waals surface area (Å²) < 4.78 is 4.74. The van der Waals surface area contributed by atoms with Crippen LogP contribution in [0, 0.1) is 0 Å². The van der Waals surface area contributed by atoms with Crippen molar-refractivity contribution in [2.75, 3.05) is 25.5 Å². The Morgan fingerprint density at radius 1 is 1.07 bits per heavy atom. The number of methoxy groups -OCH3 is 1. The highest BCUT2D eigenvalue weighted by atomic mass is 32.1. The number of ether oxygens (including phenoxy) is 1. The smallest absolute Gasteiger partial charge is 0.325 e. The van der Waals surface area contributed by atoms with Crippen molar-refractivity contribution in [1.82, 2.24) is 9.80 Å². The summed E-state index contributed by atoms with van der Waals surface area (Å²) in [7, 11) is 1.27. The van der Waals surface area contributed by atoms with Gasteiger partial charge in [0.1, 0.15) is 12.6 Å². The summed E-state index contributed by atoms with van der Waals surface area (Å²) in [6, 6.07) is 17.9. The van der Waals surface area contributed by atoms with Crippen LogP contribution in [0.1, 0.15) is 12.0 Å². The minimum atomic E-state index is -0.851. The minimum Gasteiger partial charge on any atom is -0.468 e. The maximum atomic E-state index is 13.1. The minimum absolute atomic E-state index is 0.118. The molecule has 1 saturated heterocycles. The van der Waals surface area contributed by atoms with E-state index in [1.807, 2.05) is 36.4 Å². The van der Waals surface area contributed by atoms with Gasteiger partial charge < -0.3 is 15.0 Å². The van der Waals surface area contributed by atoms with Gasteiger partial charge in [0.25, 0.3) is 5.91 Å². The molecule has 0 spiro atoms. The number of thiocarbonyl (C=S) groups is 1. The van der Waals surface area contributed by atoms with Gasteiger partial charge in [0.15, 0.2) is 5.11 Å². The predicted octanol–water partition coefficient (Wildman–Crippen LogP) is 2.23. The van der Waals surface area contributed by atoms with E-state index in [-0.39, 0.29) is 29.9 Å². The molecule has 7 nitrogen and oxygen atoms in total. The van der Waals surface area contributed by atoms with Gasteiger partial charge in [-0.05, 0) is 36.3 Å². The van der Waals surface area contributed by atoms with Crippen LogP contribution in [-0.4, -0.2) is 58.9 Å². The number of carbonyl (C=O) groups excluding carboxylic acids is 3. The standard InChI is InChI=1S/C22H23N3O4S/c1-29-20(27)15-25-18(14-19(26)23-17-10-6-3-7-11-17)21(28)24(22(25)30)13-12-16-8-4-2-5-9-16/h2-11,18H,12-15H2,1H3,(H,23,26). The van der Waals surface area contributed by atoms with E-state index < -0.39 is 12.0 Å². The third kappa shape index (κ3) is 5.21. The van der Waals surface area contributed by atoms with Crippen molar-refractivity contribution in [3.63, 3.8) is 0 Å². The Morgan fingerprint density at radius 2 is 1.70 bits per heavy atom. The lowest BCUT2D eigenvalue weighted by Crippen LogP contribution is -2.41. The van der Waals surface area contributed by atoms with Crippen LogP contribution >= 0.6 is 12.2 Å². The van der Waals surface area contributed by atoms with Gasteiger partial charge in [0.05, 0.1) is 13.5 Å². The van der Waals surface area contributed by atoms with Gasteiger partial charge >= 0.3 is 5.97 Å². The molecular formula is C22H23N3O4S. The molecule has 1 aliphatic rings. The van der Waals surface area contributed by atoms with Crippen LogP contribution in [0.4, 0.5) is 5.69 Å². The van der Waals surface area contributed by atoms with Gasteiger partial charge in [-0.15, -0.1) is 0 Å². The number of esters is 1. The van der Waals surface area contributed by atoms with Crippen LogP contribution in [0.2, 0.25) is 0 Å². The van der Waals surface area contributed by atoms with Crippen molar-refractivity contribution < 1.29 is 19.1 Å². The summed E-state index contributed by atoms with van der Waals surface area (Å²) in [5, 5.41) is 3.00. The number of carbonyl (C=O) groups is 3. The summed E-state index contributed by atoms with van der Waals surface area (Å²) in [6.07, 6.45) is 0.494. The first-order chi connectivity index (χ1) is 14.5. The third-order valence-electron chi connectivity index (χ3n) is 4.83. The van der Waals surface area contributed by atoms with E-state index in [0.717, 1.165) is 5.56 Å². The molecule has 1 heterocycles. The molecule has 0 aliphatic carbocycles. The summed E-state index contributed by atoms with van der Waals surface area (Å²) in [5.41, 5.74) is 1.70. The number of rotatable bonds is 8. The molecule has 0 saturated carbocycles. The van der Waals surface area contributed by atoms with Gasteiger partial charge in [-0.2, -0.15) is 0 Å². The molecule has 1 N–H and O–H groups in total. The molecule has 2 aromatic rings. The SMILES string of the molecule is COC(=O)CN1C(=S)N(CCc2ccccc2)C(=O)C1CC(=O)Nc1ccccc1. The van der Waals surface area contributed by atoms with Gasteiger partial charge in [-0.1, -0.05) is 48.5 Å². The molecule has 1 fully saturated rings. The number of benzene rings is 2. The lowest BCUT2D eigenvalue weighted by Gasteiger charge is -2.22. The molecule has 1 unspecified atom stereocenters. The first-order valence-corrected chi connectivity index (χ1v) is 9.98. The average molecular weight is 426 g/mol. The van der Waals surface area contributed by atoms with E-state index in [1.165, 1.54) is 16.9 Å². The zero-order valence-corrected chi connectivity index (χ0v) is 17.4. The molecule has 30 heavy (non-hydrogen) atoms. The predicted molar refractivity (Wildman–Crippen MR) is 117 cm³/mol. The van der Waals surface area contributed by atoms with Crippen LogP contribution in [0.25, 0.3) is 0 Å². The zero-order valence-electron chi connectivity index (χ0n) is 16.6. The quantitative estimate of drug-likeness (QED) is 0.516. The Hall–Kier alpha value is -3.26. The van der Waals surface area contributed by atoms with E-state index in [9.17, 15) is 14.4 Å². The molecule has 2 aromatic carbocycles. The molecule has 0 radical (unpaired) electrons. The van der Waals surface area contributed by atoms with E-state index >= 15 is 0 Å². The van der Waals surface area contributed by atoms with Crippen LogP contribution in [0.5, 0.6) is 0 Å². The normalized spacial score (nSPS) is 16.0. The highest BCUT2D eigenvalue weighted by Gasteiger charge is 2.43. The van der Waals surface area contributed by atoms with E-state index in [0.29, 0.717) is 18.7 Å². The Kier molecular flexibility index (Phi) is 7.13. The third-order valence-corrected chi connectivity index (χ3v) is 5.29. The van der Waals surface area contributed by atoms with Crippen LogP contribution in [0.3, 0.4) is 0 Å².